The van der Waals surface area contributed by atoms with Gasteiger partial charge in [0.2, 0.25) is 13.2 Å². The van der Waals surface area contributed by atoms with Gasteiger partial charge in [0.1, 0.15) is 18.1 Å². The summed E-state index contributed by atoms with van der Waals surface area (Å²) in [4.78, 5) is 61.5. The first-order valence-electron chi connectivity index (χ1n) is 12.7. The fraction of sp³-hybridized carbons (Fsp3) is 0.296. The number of nitrogens with zero attached hydrogens (tertiary/aromatic N) is 3. The number of rotatable bonds is 11. The van der Waals surface area contributed by atoms with Crippen LogP contribution in [0.4, 0.5) is 16.3 Å². The molecule has 3 aromatic rings. The van der Waals surface area contributed by atoms with E-state index in [2.05, 4.69) is 21.1 Å². The minimum absolute atomic E-state index is 0.0452. The molecule has 15 heteroatoms. The molecule has 0 aliphatic heterocycles. The molecular weight excluding hydrogens is 550 g/mol. The molecule has 0 saturated heterocycles. The van der Waals surface area contributed by atoms with Gasteiger partial charge in [-0.25, -0.2) is 14.5 Å². The number of anilines is 2. The smallest absolute Gasteiger partial charge is 0.419 e. The first kappa shape index (κ1) is 31.1. The predicted molar refractivity (Wildman–Crippen MR) is 149 cm³/mol. The quantitative estimate of drug-likeness (QED) is 0.0858. The van der Waals surface area contributed by atoms with Crippen LogP contribution < -0.4 is 16.0 Å². The van der Waals surface area contributed by atoms with E-state index in [4.69, 9.17) is 19.4 Å². The van der Waals surface area contributed by atoms with Gasteiger partial charge in [0.15, 0.2) is 5.82 Å². The number of aromatic nitrogens is 2. The number of esters is 1. The summed E-state index contributed by atoms with van der Waals surface area (Å²) in [5, 5.41) is 20.2. The Balaban J connectivity index is 1.72. The molecule has 0 aliphatic rings. The highest BCUT2D eigenvalue weighted by molar-refractivity contribution is 6.11. The number of ether oxygens (including phenoxy) is 2. The molecule has 4 amide bonds. The minimum atomic E-state index is -1.04. The van der Waals surface area contributed by atoms with Crippen LogP contribution in [0.3, 0.4) is 0 Å². The van der Waals surface area contributed by atoms with Gasteiger partial charge >= 0.3 is 12.1 Å². The predicted octanol–water partition coefficient (Wildman–Crippen LogP) is 2.55. The first-order valence-corrected chi connectivity index (χ1v) is 12.7. The number of hydrogen-bond acceptors (Lipinski definition) is 10. The normalized spacial score (nSPS) is 11.2. The molecule has 222 valence electrons. The maximum atomic E-state index is 13.3. The zero-order valence-electron chi connectivity index (χ0n) is 23.6. The van der Waals surface area contributed by atoms with Crippen molar-refractivity contribution in [2.24, 2.45) is 7.05 Å². The maximum Gasteiger partial charge on any atom is 0.419 e. The molecular formula is C27H31N7O8. The monoisotopic (exact) mass is 581 g/mol. The van der Waals surface area contributed by atoms with Crippen LogP contribution in [-0.2, 0) is 26.1 Å². The first-order chi connectivity index (χ1) is 20.0. The van der Waals surface area contributed by atoms with Gasteiger partial charge in [-0.1, -0.05) is 11.2 Å². The molecule has 0 spiro atoms. The van der Waals surface area contributed by atoms with Gasteiger partial charge < -0.3 is 34.5 Å². The second-order valence-corrected chi connectivity index (χ2v) is 9.04. The zero-order valence-corrected chi connectivity index (χ0v) is 23.6. The lowest BCUT2D eigenvalue weighted by Crippen LogP contribution is -2.39. The largest absolute Gasteiger partial charge is 0.426 e. The molecule has 1 atom stereocenters. The Hall–Kier alpha value is -5.47. The van der Waals surface area contributed by atoms with Crippen molar-refractivity contribution < 1.29 is 38.0 Å². The molecule has 4 N–H and O–H groups in total. The summed E-state index contributed by atoms with van der Waals surface area (Å²) in [5.74, 6) is -1.72. The van der Waals surface area contributed by atoms with Crippen molar-refractivity contribution in [3.8, 4) is 0 Å². The highest BCUT2D eigenvalue weighted by Crippen LogP contribution is 2.23. The van der Waals surface area contributed by atoms with Gasteiger partial charge in [-0.15, -0.1) is 0 Å². The van der Waals surface area contributed by atoms with Gasteiger partial charge in [-0.3, -0.25) is 19.8 Å². The van der Waals surface area contributed by atoms with Crippen molar-refractivity contribution in [2.45, 2.75) is 33.7 Å². The van der Waals surface area contributed by atoms with E-state index in [1.807, 2.05) is 6.92 Å². The van der Waals surface area contributed by atoms with E-state index in [1.54, 1.807) is 43.7 Å². The van der Waals surface area contributed by atoms with E-state index < -0.39 is 36.7 Å². The number of amidine groups is 1. The van der Waals surface area contributed by atoms with Crippen LogP contribution in [0, 0.1) is 19.3 Å². The van der Waals surface area contributed by atoms with Gasteiger partial charge in [0.25, 0.3) is 11.8 Å². The summed E-state index contributed by atoms with van der Waals surface area (Å²) >= 11 is 0. The molecule has 0 fully saturated rings. The Morgan fingerprint density at radius 1 is 1.17 bits per heavy atom. The van der Waals surface area contributed by atoms with Crippen LogP contribution >= 0.6 is 0 Å². The second kappa shape index (κ2) is 13.7. The topological polar surface area (TPSA) is 198 Å². The highest BCUT2D eigenvalue weighted by Gasteiger charge is 2.28. The van der Waals surface area contributed by atoms with Crippen LogP contribution in [0.5, 0.6) is 0 Å². The fourth-order valence-corrected chi connectivity index (χ4v) is 3.90. The SMILES string of the molecule is CCN(C(=O)OCOC(=O)C(C)NC=O)C(=O)c1cn(C)c(C(=N)Nc2cc(C(=O)Nc3ccon3)ccc2C)c1C. The molecule has 1 aromatic carbocycles. The third kappa shape index (κ3) is 7.18. The summed E-state index contributed by atoms with van der Waals surface area (Å²) < 4.78 is 16.0. The number of carbonyl (C=O) groups excluding carboxylic acids is 5. The van der Waals surface area contributed by atoms with Gasteiger partial charge in [-0.2, -0.15) is 0 Å². The number of carbonyl (C=O) groups is 5. The van der Waals surface area contributed by atoms with Crippen molar-refractivity contribution in [3.05, 3.63) is 64.7 Å². The van der Waals surface area contributed by atoms with E-state index in [-0.39, 0.29) is 23.8 Å². The van der Waals surface area contributed by atoms with Crippen LogP contribution in [0.2, 0.25) is 0 Å². The lowest BCUT2D eigenvalue weighted by atomic mass is 10.1. The van der Waals surface area contributed by atoms with Crippen molar-refractivity contribution in [1.29, 1.82) is 5.41 Å². The van der Waals surface area contributed by atoms with Gasteiger partial charge in [0, 0.05) is 37.1 Å². The van der Waals surface area contributed by atoms with Gasteiger partial charge in [0.05, 0.1) is 11.3 Å². The molecule has 2 heterocycles. The molecule has 0 bridgehead atoms. The number of hydrogen-bond donors (Lipinski definition) is 4. The Labute approximate surface area is 240 Å². The Morgan fingerprint density at radius 3 is 2.55 bits per heavy atom. The second-order valence-electron chi connectivity index (χ2n) is 9.04. The summed E-state index contributed by atoms with van der Waals surface area (Å²) in [7, 11) is 1.65. The minimum Gasteiger partial charge on any atom is -0.426 e. The Bertz CT molecular complexity index is 1500. The van der Waals surface area contributed by atoms with E-state index in [1.165, 1.54) is 25.5 Å². The maximum absolute atomic E-state index is 13.3. The molecule has 1 unspecified atom stereocenters. The van der Waals surface area contributed by atoms with E-state index in [0.717, 1.165) is 10.5 Å². The number of aryl methyl sites for hydroxylation is 2. The molecule has 2 aromatic heterocycles. The molecule has 0 aliphatic carbocycles. The van der Waals surface area contributed by atoms with Crippen molar-refractivity contribution >= 4 is 47.6 Å². The van der Waals surface area contributed by atoms with Crippen molar-refractivity contribution in [3.63, 3.8) is 0 Å². The number of benzene rings is 1. The number of amides is 4. The van der Waals surface area contributed by atoms with E-state index >= 15 is 0 Å². The Kier molecular flexibility index (Phi) is 10.2. The Morgan fingerprint density at radius 2 is 1.90 bits per heavy atom. The average Bonchev–Trinajstić information content (AvgIpc) is 3.56. The third-order valence-corrected chi connectivity index (χ3v) is 6.18. The van der Waals surface area contributed by atoms with Crippen LogP contribution in [0.25, 0.3) is 0 Å². The summed E-state index contributed by atoms with van der Waals surface area (Å²) in [6.45, 7) is 5.60. The van der Waals surface area contributed by atoms with Crippen molar-refractivity contribution in [2.75, 3.05) is 24.0 Å². The third-order valence-electron chi connectivity index (χ3n) is 6.18. The molecule has 42 heavy (non-hydrogen) atoms. The van der Waals surface area contributed by atoms with E-state index in [9.17, 15) is 24.0 Å². The number of imide groups is 1. The van der Waals surface area contributed by atoms with Crippen LogP contribution in [-0.4, -0.2) is 70.1 Å². The highest BCUT2D eigenvalue weighted by atomic mass is 16.7. The summed E-state index contributed by atoms with van der Waals surface area (Å²) in [5.41, 5.74) is 2.51. The lowest BCUT2D eigenvalue weighted by Gasteiger charge is -2.19. The standard InChI is InChI=1S/C27H31N7O8/c1-6-34(27(39)41-14-40-26(38)17(4)29-13-35)25(37)19-12-33(5)22(16(19)3)23(28)30-20-11-18(8-7-15(20)2)24(36)31-21-9-10-42-32-21/h7-13,17H,6,14H2,1-5H3,(H2,28,30)(H,29,35)(H,31,32,36). The van der Waals surface area contributed by atoms with Crippen molar-refractivity contribution in [1.82, 2.24) is 19.9 Å². The molecule has 0 radical (unpaired) electrons. The molecule has 0 saturated carbocycles. The summed E-state index contributed by atoms with van der Waals surface area (Å²) in [6.07, 6.45) is 2.11. The zero-order chi connectivity index (χ0) is 31.0. The van der Waals surface area contributed by atoms with Gasteiger partial charge in [-0.05, 0) is 51.0 Å². The van der Waals surface area contributed by atoms with Crippen LogP contribution in [0.1, 0.15) is 51.4 Å². The van der Waals surface area contributed by atoms with Crippen LogP contribution in [0.15, 0.2) is 41.2 Å². The fourth-order valence-electron chi connectivity index (χ4n) is 3.90. The summed E-state index contributed by atoms with van der Waals surface area (Å²) in [6, 6.07) is 5.50. The molecule has 15 nitrogen and oxygen atoms in total. The number of nitrogens with one attached hydrogen (secondary N) is 4. The lowest BCUT2D eigenvalue weighted by molar-refractivity contribution is -0.154. The average molecular weight is 582 g/mol. The van der Waals surface area contributed by atoms with E-state index in [0.29, 0.717) is 28.9 Å². The molecule has 3 rings (SSSR count).